The molecule has 0 radical (unpaired) electrons. The van der Waals surface area contributed by atoms with E-state index in [1.807, 2.05) is 18.2 Å². The molecule has 0 fully saturated rings. The number of hydrogen-bond acceptors (Lipinski definition) is 4. The van der Waals surface area contributed by atoms with Gasteiger partial charge in [0.2, 0.25) is 0 Å². The van der Waals surface area contributed by atoms with Gasteiger partial charge in [-0.15, -0.1) is 0 Å². The van der Waals surface area contributed by atoms with Gasteiger partial charge in [0.05, 0.1) is 16.1 Å². The highest BCUT2D eigenvalue weighted by Gasteiger charge is 2.19. The average Bonchev–Trinajstić information content (AvgIpc) is 2.63. The average molecular weight is 367 g/mol. The van der Waals surface area contributed by atoms with Gasteiger partial charge in [-0.3, -0.25) is 4.79 Å². The first kappa shape index (κ1) is 17.7. The zero-order chi connectivity index (χ0) is 18.6. The second kappa shape index (κ2) is 7.41. The van der Waals surface area contributed by atoms with Crippen molar-refractivity contribution >= 4 is 21.4 Å². The smallest absolute Gasteiger partial charge is 0.257 e. The summed E-state index contributed by atoms with van der Waals surface area (Å²) in [5, 5.41) is 2.73. The Morgan fingerprint density at radius 1 is 0.846 bits per heavy atom. The van der Waals surface area contributed by atoms with Crippen LogP contribution in [-0.4, -0.2) is 20.6 Å². The molecule has 0 aliphatic carbocycles. The number of hydrogen-bond donors (Lipinski definition) is 1. The van der Waals surface area contributed by atoms with Gasteiger partial charge in [-0.25, -0.2) is 8.42 Å². The largest absolute Gasteiger partial charge is 0.455 e. The number of sulfone groups is 1. The number of carbonyl (C=O) groups excluding carboxylic acids is 1. The summed E-state index contributed by atoms with van der Waals surface area (Å²) in [5.41, 5.74) is 0.536. The summed E-state index contributed by atoms with van der Waals surface area (Å²) in [4.78, 5) is 12.6. The minimum Gasteiger partial charge on any atom is -0.455 e. The van der Waals surface area contributed by atoms with Crippen molar-refractivity contribution in [3.05, 3.63) is 84.4 Å². The number of nitrogens with one attached hydrogen (secondary N) is 1. The Hall–Kier alpha value is -3.12. The molecule has 3 aromatic rings. The molecule has 132 valence electrons. The van der Waals surface area contributed by atoms with Crippen molar-refractivity contribution in [1.82, 2.24) is 0 Å². The van der Waals surface area contributed by atoms with Gasteiger partial charge >= 0.3 is 0 Å². The molecule has 1 N–H and O–H groups in total. The zero-order valence-electron chi connectivity index (χ0n) is 14.0. The van der Waals surface area contributed by atoms with Crippen LogP contribution in [-0.2, 0) is 9.84 Å². The first-order valence-electron chi connectivity index (χ1n) is 7.87. The second-order valence-corrected chi connectivity index (χ2v) is 7.62. The summed E-state index contributed by atoms with van der Waals surface area (Å²) < 4.78 is 29.6. The van der Waals surface area contributed by atoms with Crippen LogP contribution >= 0.6 is 0 Å². The lowest BCUT2D eigenvalue weighted by Crippen LogP contribution is -2.16. The Labute approximate surface area is 152 Å². The summed E-state index contributed by atoms with van der Waals surface area (Å²) in [6, 6.07) is 22.2. The van der Waals surface area contributed by atoms with Crippen molar-refractivity contribution in [3.63, 3.8) is 0 Å². The number of anilines is 1. The van der Waals surface area contributed by atoms with Crippen LogP contribution in [0.15, 0.2) is 83.8 Å². The van der Waals surface area contributed by atoms with Gasteiger partial charge in [0, 0.05) is 6.26 Å². The van der Waals surface area contributed by atoms with Crippen molar-refractivity contribution in [3.8, 4) is 11.5 Å². The fraction of sp³-hybridized carbons (Fsp3) is 0.0500. The molecular weight excluding hydrogens is 350 g/mol. The van der Waals surface area contributed by atoms with Gasteiger partial charge in [-0.1, -0.05) is 42.5 Å². The predicted molar refractivity (Wildman–Crippen MR) is 100 cm³/mol. The lowest BCUT2D eigenvalue weighted by atomic mass is 10.2. The first-order valence-corrected chi connectivity index (χ1v) is 9.76. The van der Waals surface area contributed by atoms with Gasteiger partial charge < -0.3 is 10.1 Å². The highest BCUT2D eigenvalue weighted by Crippen LogP contribution is 2.30. The minimum absolute atomic E-state index is 0.0149. The molecule has 0 unspecified atom stereocenters. The maximum Gasteiger partial charge on any atom is 0.257 e. The summed E-state index contributed by atoms with van der Waals surface area (Å²) in [5.74, 6) is 0.574. The molecule has 26 heavy (non-hydrogen) atoms. The number of para-hydroxylation sites is 3. The van der Waals surface area contributed by atoms with E-state index in [2.05, 4.69) is 5.32 Å². The second-order valence-electron chi connectivity index (χ2n) is 5.63. The quantitative estimate of drug-likeness (QED) is 0.736. The fourth-order valence-electron chi connectivity index (χ4n) is 2.44. The fourth-order valence-corrected chi connectivity index (χ4v) is 3.33. The lowest BCUT2D eigenvalue weighted by molar-refractivity contribution is 0.102. The Kier molecular flexibility index (Phi) is 5.04. The monoisotopic (exact) mass is 367 g/mol. The van der Waals surface area contributed by atoms with Crippen LogP contribution in [0.3, 0.4) is 0 Å². The molecule has 0 spiro atoms. The molecule has 0 heterocycles. The molecule has 0 saturated heterocycles. The molecular formula is C20H17NO4S. The summed E-state index contributed by atoms with van der Waals surface area (Å²) in [6.45, 7) is 0. The van der Waals surface area contributed by atoms with E-state index in [0.717, 1.165) is 6.26 Å². The predicted octanol–water partition coefficient (Wildman–Crippen LogP) is 4.13. The van der Waals surface area contributed by atoms with Crippen molar-refractivity contribution in [1.29, 1.82) is 0 Å². The van der Waals surface area contributed by atoms with Crippen LogP contribution in [0.2, 0.25) is 0 Å². The zero-order valence-corrected chi connectivity index (χ0v) is 14.9. The molecule has 3 rings (SSSR count). The molecule has 1 amide bonds. The van der Waals surface area contributed by atoms with Crippen molar-refractivity contribution in [2.24, 2.45) is 0 Å². The summed E-state index contributed by atoms with van der Waals surface area (Å²) in [6.07, 6.45) is 1.07. The van der Waals surface area contributed by atoms with Crippen LogP contribution < -0.4 is 10.1 Å². The maximum atomic E-state index is 12.7. The molecule has 0 atom stereocenters. The molecule has 0 aromatic heterocycles. The standard InChI is InChI=1S/C20H17NO4S/c1-26(23,24)19-14-8-5-11-16(19)20(22)21-17-12-6-7-13-18(17)25-15-9-3-2-4-10-15/h2-14H,1H3,(H,21,22). The number of ether oxygens (including phenoxy) is 1. The number of benzene rings is 3. The van der Waals surface area contributed by atoms with Crippen molar-refractivity contribution in [2.75, 3.05) is 11.6 Å². The van der Waals surface area contributed by atoms with Gasteiger partial charge in [0.25, 0.3) is 5.91 Å². The van der Waals surface area contributed by atoms with E-state index >= 15 is 0 Å². The number of rotatable bonds is 5. The molecule has 0 aliphatic heterocycles. The van der Waals surface area contributed by atoms with Crippen LogP contribution in [0.25, 0.3) is 0 Å². The molecule has 0 saturated carbocycles. The molecule has 0 bridgehead atoms. The van der Waals surface area contributed by atoms with Gasteiger partial charge in [0.15, 0.2) is 15.6 Å². The molecule has 6 heteroatoms. The summed E-state index contributed by atoms with van der Waals surface area (Å²) in [7, 11) is -3.52. The van der Waals surface area contributed by atoms with E-state index in [-0.39, 0.29) is 10.5 Å². The third-order valence-corrected chi connectivity index (χ3v) is 4.79. The lowest BCUT2D eigenvalue weighted by Gasteiger charge is -2.13. The van der Waals surface area contributed by atoms with Crippen LogP contribution in [0.1, 0.15) is 10.4 Å². The molecule has 0 aliphatic rings. The Balaban J connectivity index is 1.90. The highest BCUT2D eigenvalue weighted by molar-refractivity contribution is 7.90. The molecule has 5 nitrogen and oxygen atoms in total. The van der Waals surface area contributed by atoms with Crippen LogP contribution in [0.4, 0.5) is 5.69 Å². The van der Waals surface area contributed by atoms with Gasteiger partial charge in [0.1, 0.15) is 5.75 Å². The maximum absolute atomic E-state index is 12.7. The number of amides is 1. The Bertz CT molecular complexity index is 1030. The van der Waals surface area contributed by atoms with Crippen molar-refractivity contribution in [2.45, 2.75) is 4.90 Å². The van der Waals surface area contributed by atoms with E-state index in [1.54, 1.807) is 48.5 Å². The number of carbonyl (C=O) groups is 1. The first-order chi connectivity index (χ1) is 12.4. The Morgan fingerprint density at radius 2 is 1.46 bits per heavy atom. The highest BCUT2D eigenvalue weighted by atomic mass is 32.2. The minimum atomic E-state index is -3.52. The Morgan fingerprint density at radius 3 is 2.19 bits per heavy atom. The van der Waals surface area contributed by atoms with Crippen LogP contribution in [0, 0.1) is 0 Å². The van der Waals surface area contributed by atoms with E-state index in [9.17, 15) is 13.2 Å². The SMILES string of the molecule is CS(=O)(=O)c1ccccc1C(=O)Nc1ccccc1Oc1ccccc1. The van der Waals surface area contributed by atoms with E-state index < -0.39 is 15.7 Å². The van der Waals surface area contributed by atoms with E-state index in [0.29, 0.717) is 17.2 Å². The van der Waals surface area contributed by atoms with Gasteiger partial charge in [-0.05, 0) is 36.4 Å². The van der Waals surface area contributed by atoms with E-state index in [1.165, 1.54) is 12.1 Å². The topological polar surface area (TPSA) is 72.5 Å². The third-order valence-electron chi connectivity index (χ3n) is 3.64. The molecule has 3 aromatic carbocycles. The summed E-state index contributed by atoms with van der Waals surface area (Å²) >= 11 is 0. The van der Waals surface area contributed by atoms with Gasteiger partial charge in [-0.2, -0.15) is 0 Å². The normalized spacial score (nSPS) is 11.0. The third kappa shape index (κ3) is 4.10. The van der Waals surface area contributed by atoms with E-state index in [4.69, 9.17) is 4.74 Å². The van der Waals surface area contributed by atoms with Crippen molar-refractivity contribution < 1.29 is 17.9 Å². The van der Waals surface area contributed by atoms with Crippen LogP contribution in [0.5, 0.6) is 11.5 Å².